The van der Waals surface area contributed by atoms with Crippen molar-refractivity contribution in [2.24, 2.45) is 17.3 Å². The highest BCUT2D eigenvalue weighted by Crippen LogP contribution is 2.61. The van der Waals surface area contributed by atoms with Crippen molar-refractivity contribution in [1.29, 1.82) is 0 Å². The topological polar surface area (TPSA) is 55.8 Å². The molecule has 24 heavy (non-hydrogen) atoms. The Balaban J connectivity index is 1.33. The van der Waals surface area contributed by atoms with E-state index in [4.69, 9.17) is 21.1 Å². The summed E-state index contributed by atoms with van der Waals surface area (Å²) in [7, 11) is 0. The number of carbonyl (C=O) groups is 1. The molecule has 1 N–H and O–H groups in total. The lowest BCUT2D eigenvalue weighted by molar-refractivity contribution is -0.196. The van der Waals surface area contributed by atoms with Crippen LogP contribution in [0.2, 0.25) is 5.02 Å². The van der Waals surface area contributed by atoms with Crippen molar-refractivity contribution in [2.45, 2.75) is 44.1 Å². The lowest BCUT2D eigenvalue weighted by Crippen LogP contribution is -2.58. The highest BCUT2D eigenvalue weighted by atomic mass is 35.5. The Labute approximate surface area is 147 Å². The lowest BCUT2D eigenvalue weighted by Gasteiger charge is -2.58. The van der Waals surface area contributed by atoms with Crippen molar-refractivity contribution in [3.8, 4) is 5.75 Å². The largest absolute Gasteiger partial charge is 0.488 e. The maximum absolute atomic E-state index is 12.7. The first kappa shape index (κ1) is 16.2. The molecule has 4 aliphatic carbocycles. The Morgan fingerprint density at radius 1 is 1.17 bits per heavy atom. The quantitative estimate of drug-likeness (QED) is 0.651. The molecule has 4 aliphatic rings. The Morgan fingerprint density at radius 3 is 2.54 bits per heavy atom. The number of halogens is 1. The molecule has 4 bridgehead atoms. The Bertz CT molecular complexity index is 630. The van der Waals surface area contributed by atoms with E-state index in [0.29, 0.717) is 29.0 Å². The first-order valence-corrected chi connectivity index (χ1v) is 9.13. The molecule has 0 radical (unpaired) electrons. The van der Waals surface area contributed by atoms with E-state index in [9.17, 15) is 9.90 Å². The molecule has 130 valence electrons. The second-order valence-corrected chi connectivity index (χ2v) is 8.29. The van der Waals surface area contributed by atoms with E-state index < -0.39 is 11.0 Å². The minimum atomic E-state index is -0.642. The molecule has 5 rings (SSSR count). The van der Waals surface area contributed by atoms with Gasteiger partial charge in [0.25, 0.3) is 0 Å². The summed E-state index contributed by atoms with van der Waals surface area (Å²) in [5.74, 6) is 1.39. The van der Waals surface area contributed by atoms with Gasteiger partial charge in [0.15, 0.2) is 0 Å². The molecular weight excluding hydrogens is 328 g/mol. The molecule has 0 heterocycles. The Hall–Kier alpha value is -1.26. The molecular formula is C19H23ClO4. The minimum absolute atomic E-state index is 0.155. The second kappa shape index (κ2) is 5.92. The van der Waals surface area contributed by atoms with Gasteiger partial charge in [-0.05, 0) is 62.5 Å². The van der Waals surface area contributed by atoms with E-state index in [1.807, 2.05) is 12.1 Å². The molecule has 2 atom stereocenters. The van der Waals surface area contributed by atoms with Gasteiger partial charge in [-0.25, -0.2) is 0 Å². The maximum Gasteiger partial charge on any atom is 0.312 e. The van der Waals surface area contributed by atoms with E-state index in [2.05, 4.69) is 0 Å². The molecule has 4 nitrogen and oxygen atoms in total. The molecule has 0 amide bonds. The zero-order chi connectivity index (χ0) is 16.8. The van der Waals surface area contributed by atoms with Crippen molar-refractivity contribution in [3.05, 3.63) is 29.3 Å². The fourth-order valence-electron chi connectivity index (χ4n) is 5.45. The number of aliphatic hydroxyl groups is 1. The number of esters is 1. The number of carbonyl (C=O) groups excluding carboxylic acids is 1. The number of hydrogen-bond donors (Lipinski definition) is 1. The summed E-state index contributed by atoms with van der Waals surface area (Å²) in [6.07, 6.45) is 5.18. The molecule has 4 fully saturated rings. The van der Waals surface area contributed by atoms with Crippen LogP contribution in [0.5, 0.6) is 5.75 Å². The van der Waals surface area contributed by atoms with Crippen LogP contribution in [0.1, 0.15) is 38.5 Å². The zero-order valence-corrected chi connectivity index (χ0v) is 14.4. The van der Waals surface area contributed by atoms with Gasteiger partial charge in [0, 0.05) is 0 Å². The van der Waals surface area contributed by atoms with E-state index in [0.717, 1.165) is 32.1 Å². The first-order chi connectivity index (χ1) is 11.5. The third-order valence-corrected chi connectivity index (χ3v) is 6.19. The number of ether oxygens (including phenoxy) is 2. The molecule has 1 aromatic rings. The van der Waals surface area contributed by atoms with E-state index in [-0.39, 0.29) is 19.2 Å². The van der Waals surface area contributed by atoms with Gasteiger partial charge in [-0.3, -0.25) is 4.79 Å². The highest BCUT2D eigenvalue weighted by molar-refractivity contribution is 6.32. The summed E-state index contributed by atoms with van der Waals surface area (Å²) in [5, 5.41) is 11.3. The van der Waals surface area contributed by atoms with Crippen molar-refractivity contribution in [3.63, 3.8) is 0 Å². The Kier molecular flexibility index (Phi) is 4.00. The molecule has 0 saturated heterocycles. The van der Waals surface area contributed by atoms with Crippen molar-refractivity contribution in [1.82, 2.24) is 0 Å². The summed E-state index contributed by atoms with van der Waals surface area (Å²) in [6, 6.07) is 7.24. The number of rotatable bonds is 5. The molecule has 5 heteroatoms. The third kappa shape index (κ3) is 2.91. The first-order valence-electron chi connectivity index (χ1n) is 8.75. The van der Waals surface area contributed by atoms with Crippen LogP contribution in [-0.2, 0) is 9.53 Å². The molecule has 0 spiro atoms. The third-order valence-electron chi connectivity index (χ3n) is 5.87. The van der Waals surface area contributed by atoms with Gasteiger partial charge in [-0.1, -0.05) is 23.7 Å². The molecule has 4 saturated carbocycles. The van der Waals surface area contributed by atoms with Gasteiger partial charge in [0.1, 0.15) is 19.0 Å². The summed E-state index contributed by atoms with van der Waals surface area (Å²) in [4.78, 5) is 12.7. The molecule has 1 aromatic carbocycles. The van der Waals surface area contributed by atoms with Crippen LogP contribution < -0.4 is 4.74 Å². The highest BCUT2D eigenvalue weighted by Gasteiger charge is 2.60. The molecule has 0 unspecified atom stereocenters. The fraction of sp³-hybridized carbons (Fsp3) is 0.632. The number of benzene rings is 1. The van der Waals surface area contributed by atoms with Gasteiger partial charge in [-0.15, -0.1) is 0 Å². The van der Waals surface area contributed by atoms with Crippen molar-refractivity contribution < 1.29 is 19.4 Å². The summed E-state index contributed by atoms with van der Waals surface area (Å²) < 4.78 is 11.1. The van der Waals surface area contributed by atoms with Crippen LogP contribution in [0, 0.1) is 17.3 Å². The van der Waals surface area contributed by atoms with Gasteiger partial charge >= 0.3 is 5.97 Å². The van der Waals surface area contributed by atoms with Gasteiger partial charge in [-0.2, -0.15) is 0 Å². The van der Waals surface area contributed by atoms with Gasteiger partial charge < -0.3 is 14.6 Å². The molecule has 0 aromatic heterocycles. The van der Waals surface area contributed by atoms with E-state index in [1.54, 1.807) is 12.1 Å². The van der Waals surface area contributed by atoms with Gasteiger partial charge in [0.05, 0.1) is 16.0 Å². The summed E-state index contributed by atoms with van der Waals surface area (Å²) in [5.41, 5.74) is -1.11. The van der Waals surface area contributed by atoms with Crippen molar-refractivity contribution in [2.75, 3.05) is 13.2 Å². The van der Waals surface area contributed by atoms with Crippen molar-refractivity contribution >= 4 is 17.6 Å². The van der Waals surface area contributed by atoms with Crippen LogP contribution in [0.25, 0.3) is 0 Å². The van der Waals surface area contributed by atoms with Crippen LogP contribution >= 0.6 is 11.6 Å². The van der Waals surface area contributed by atoms with E-state index in [1.165, 1.54) is 0 Å². The standard InChI is InChI=1S/C19H23ClO4/c20-15-3-1-2-4-16(15)23-5-6-24-17(21)18-8-13-7-14(9-18)11-19(22,10-13)12-18/h1-4,13-14,22H,5-12H2/t13-,14-,18?,19?/m1/s1. The average molecular weight is 351 g/mol. The minimum Gasteiger partial charge on any atom is -0.488 e. The van der Waals surface area contributed by atoms with Gasteiger partial charge in [0.2, 0.25) is 0 Å². The Morgan fingerprint density at radius 2 is 1.88 bits per heavy atom. The zero-order valence-electron chi connectivity index (χ0n) is 13.7. The maximum atomic E-state index is 12.7. The fourth-order valence-corrected chi connectivity index (χ4v) is 5.64. The number of hydrogen-bond acceptors (Lipinski definition) is 4. The normalized spacial score (nSPS) is 36.6. The van der Waals surface area contributed by atoms with Crippen LogP contribution in [0.15, 0.2) is 24.3 Å². The predicted molar refractivity (Wildman–Crippen MR) is 90.0 cm³/mol. The SMILES string of the molecule is O=C(OCCOc1ccccc1Cl)C12C[C@H]3C[C@@H](CC(O)(C3)C1)C2. The lowest BCUT2D eigenvalue weighted by atomic mass is 9.48. The van der Waals surface area contributed by atoms with Crippen LogP contribution in [0.3, 0.4) is 0 Å². The number of para-hydroxylation sites is 1. The smallest absolute Gasteiger partial charge is 0.312 e. The van der Waals surface area contributed by atoms with Crippen LogP contribution in [0.4, 0.5) is 0 Å². The van der Waals surface area contributed by atoms with Crippen LogP contribution in [-0.4, -0.2) is 29.9 Å². The monoisotopic (exact) mass is 350 g/mol. The average Bonchev–Trinajstić information content (AvgIpc) is 2.50. The predicted octanol–water partition coefficient (Wildman–Crippen LogP) is 3.59. The summed E-state index contributed by atoms with van der Waals surface area (Å²) >= 11 is 6.03. The van der Waals surface area contributed by atoms with E-state index >= 15 is 0 Å². The second-order valence-electron chi connectivity index (χ2n) is 7.88. The molecule has 0 aliphatic heterocycles. The summed E-state index contributed by atoms with van der Waals surface area (Å²) in [6.45, 7) is 0.488.